The Bertz CT molecular complexity index is 517. The molecule has 0 aliphatic heterocycles. The van der Waals surface area contributed by atoms with Crippen molar-refractivity contribution in [3.05, 3.63) is 52.6 Å². The average molecular weight is 307 g/mol. The third kappa shape index (κ3) is 3.74. The van der Waals surface area contributed by atoms with Crippen LogP contribution in [0.5, 0.6) is 5.75 Å². The van der Waals surface area contributed by atoms with E-state index < -0.39 is 0 Å². The number of aromatic nitrogens is 1. The lowest BCUT2D eigenvalue weighted by Crippen LogP contribution is -2.01. The lowest BCUT2D eigenvalue weighted by Gasteiger charge is -2.08. The van der Waals surface area contributed by atoms with Crippen molar-refractivity contribution in [2.75, 3.05) is 11.9 Å². The summed E-state index contributed by atoms with van der Waals surface area (Å²) in [7, 11) is 0. The van der Waals surface area contributed by atoms with Gasteiger partial charge in [0.1, 0.15) is 16.2 Å². The third-order valence-electron chi connectivity index (χ3n) is 2.40. The maximum absolute atomic E-state index is 5.47. The van der Waals surface area contributed by atoms with E-state index >= 15 is 0 Å². The van der Waals surface area contributed by atoms with Crippen LogP contribution in [0.4, 0.5) is 5.82 Å². The van der Waals surface area contributed by atoms with E-state index in [-0.39, 0.29) is 0 Å². The number of hydrogen-bond donors (Lipinski definition) is 1. The standard InChI is InChI=1S/C14H15BrN2O/c1-2-18-12-6-3-5-11(9-12)10-16-14-8-4-7-13(15)17-14/h3-9H,2,10H2,1H3,(H,16,17). The van der Waals surface area contributed by atoms with Crippen molar-refractivity contribution < 1.29 is 4.74 Å². The number of ether oxygens (including phenoxy) is 1. The second kappa shape index (κ2) is 6.40. The third-order valence-corrected chi connectivity index (χ3v) is 2.84. The molecule has 0 unspecified atom stereocenters. The van der Waals surface area contributed by atoms with Crippen molar-refractivity contribution in [2.45, 2.75) is 13.5 Å². The summed E-state index contributed by atoms with van der Waals surface area (Å²) in [5, 5.41) is 3.27. The highest BCUT2D eigenvalue weighted by atomic mass is 79.9. The Kier molecular flexibility index (Phi) is 4.59. The van der Waals surface area contributed by atoms with Crippen LogP contribution < -0.4 is 10.1 Å². The molecule has 0 fully saturated rings. The van der Waals surface area contributed by atoms with Gasteiger partial charge in [-0.3, -0.25) is 0 Å². The molecule has 94 valence electrons. The number of anilines is 1. The normalized spacial score (nSPS) is 10.1. The van der Waals surface area contributed by atoms with Crippen LogP contribution in [0.15, 0.2) is 47.1 Å². The van der Waals surface area contributed by atoms with Crippen LogP contribution in [-0.2, 0) is 6.54 Å². The van der Waals surface area contributed by atoms with E-state index in [0.29, 0.717) is 6.61 Å². The van der Waals surface area contributed by atoms with Crippen LogP contribution in [0.1, 0.15) is 12.5 Å². The molecule has 0 amide bonds. The number of nitrogens with zero attached hydrogens (tertiary/aromatic N) is 1. The van der Waals surface area contributed by atoms with E-state index in [0.717, 1.165) is 22.7 Å². The minimum atomic E-state index is 0.685. The highest BCUT2D eigenvalue weighted by Gasteiger charge is 1.98. The Hall–Kier alpha value is -1.55. The summed E-state index contributed by atoms with van der Waals surface area (Å²) in [5.41, 5.74) is 1.17. The molecule has 2 aromatic rings. The number of benzene rings is 1. The summed E-state index contributed by atoms with van der Waals surface area (Å²) in [6.45, 7) is 3.39. The van der Waals surface area contributed by atoms with Crippen molar-refractivity contribution in [2.24, 2.45) is 0 Å². The van der Waals surface area contributed by atoms with Gasteiger partial charge in [0.2, 0.25) is 0 Å². The fourth-order valence-electron chi connectivity index (χ4n) is 1.61. The molecule has 0 spiro atoms. The number of nitrogens with one attached hydrogen (secondary N) is 1. The zero-order valence-electron chi connectivity index (χ0n) is 10.2. The fourth-order valence-corrected chi connectivity index (χ4v) is 1.95. The predicted octanol–water partition coefficient (Wildman–Crippen LogP) is 3.85. The van der Waals surface area contributed by atoms with E-state index in [1.54, 1.807) is 0 Å². The molecule has 0 radical (unpaired) electrons. The minimum absolute atomic E-state index is 0.685. The van der Waals surface area contributed by atoms with Gasteiger partial charge in [0.15, 0.2) is 0 Å². The van der Waals surface area contributed by atoms with Gasteiger partial charge in [0, 0.05) is 6.54 Å². The number of hydrogen-bond acceptors (Lipinski definition) is 3. The van der Waals surface area contributed by atoms with E-state index in [9.17, 15) is 0 Å². The predicted molar refractivity (Wildman–Crippen MR) is 76.9 cm³/mol. The second-order valence-electron chi connectivity index (χ2n) is 3.78. The first kappa shape index (κ1) is 12.9. The molecular formula is C14H15BrN2O. The Morgan fingerprint density at radius 3 is 2.83 bits per heavy atom. The molecule has 0 aliphatic carbocycles. The van der Waals surface area contributed by atoms with Crippen molar-refractivity contribution in [1.29, 1.82) is 0 Å². The maximum Gasteiger partial charge on any atom is 0.127 e. The molecule has 2 rings (SSSR count). The molecule has 1 aromatic carbocycles. The molecule has 0 atom stereocenters. The molecule has 0 saturated heterocycles. The summed E-state index contributed by atoms with van der Waals surface area (Å²) in [6, 6.07) is 13.9. The van der Waals surface area contributed by atoms with Crippen molar-refractivity contribution in [3.8, 4) is 5.75 Å². The molecule has 3 nitrogen and oxygen atoms in total. The lowest BCUT2D eigenvalue weighted by molar-refractivity contribution is 0.340. The van der Waals surface area contributed by atoms with Gasteiger partial charge in [-0.25, -0.2) is 4.98 Å². The van der Waals surface area contributed by atoms with E-state index in [2.05, 4.69) is 32.3 Å². The topological polar surface area (TPSA) is 34.1 Å². The molecule has 1 heterocycles. The Labute approximate surface area is 115 Å². The first-order valence-corrected chi connectivity index (χ1v) is 6.65. The Balaban J connectivity index is 1.99. The molecular weight excluding hydrogens is 292 g/mol. The van der Waals surface area contributed by atoms with Crippen LogP contribution in [0, 0.1) is 0 Å². The molecule has 0 aliphatic rings. The zero-order valence-corrected chi connectivity index (χ0v) is 11.8. The van der Waals surface area contributed by atoms with Crippen LogP contribution in [-0.4, -0.2) is 11.6 Å². The van der Waals surface area contributed by atoms with Gasteiger partial charge >= 0.3 is 0 Å². The molecule has 0 bridgehead atoms. The maximum atomic E-state index is 5.47. The summed E-state index contributed by atoms with van der Waals surface area (Å²) in [4.78, 5) is 4.32. The molecule has 0 saturated carbocycles. The second-order valence-corrected chi connectivity index (χ2v) is 4.59. The largest absolute Gasteiger partial charge is 0.494 e. The number of pyridine rings is 1. The smallest absolute Gasteiger partial charge is 0.127 e. The van der Waals surface area contributed by atoms with Crippen LogP contribution in [0.2, 0.25) is 0 Å². The van der Waals surface area contributed by atoms with Gasteiger partial charge in [-0.05, 0) is 52.7 Å². The van der Waals surface area contributed by atoms with E-state index in [1.165, 1.54) is 5.56 Å². The van der Waals surface area contributed by atoms with Crippen molar-refractivity contribution in [3.63, 3.8) is 0 Å². The minimum Gasteiger partial charge on any atom is -0.494 e. The molecule has 4 heteroatoms. The molecule has 1 N–H and O–H groups in total. The van der Waals surface area contributed by atoms with Gasteiger partial charge in [-0.2, -0.15) is 0 Å². The van der Waals surface area contributed by atoms with Crippen molar-refractivity contribution >= 4 is 21.7 Å². The molecule has 1 aromatic heterocycles. The Morgan fingerprint density at radius 2 is 2.06 bits per heavy atom. The summed E-state index contributed by atoms with van der Waals surface area (Å²) in [6.07, 6.45) is 0. The zero-order chi connectivity index (χ0) is 12.8. The number of halogens is 1. The fraction of sp³-hybridized carbons (Fsp3) is 0.214. The molecule has 18 heavy (non-hydrogen) atoms. The number of rotatable bonds is 5. The first-order chi connectivity index (χ1) is 8.78. The van der Waals surface area contributed by atoms with Gasteiger partial charge in [-0.1, -0.05) is 18.2 Å². The van der Waals surface area contributed by atoms with Gasteiger partial charge in [0.05, 0.1) is 6.61 Å². The lowest BCUT2D eigenvalue weighted by atomic mass is 10.2. The quantitative estimate of drug-likeness (QED) is 0.852. The SMILES string of the molecule is CCOc1cccc(CNc2cccc(Br)n2)c1. The highest BCUT2D eigenvalue weighted by Crippen LogP contribution is 2.15. The van der Waals surface area contributed by atoms with Crippen LogP contribution in [0.25, 0.3) is 0 Å². The van der Waals surface area contributed by atoms with E-state index in [1.807, 2.05) is 43.3 Å². The summed E-state index contributed by atoms with van der Waals surface area (Å²) >= 11 is 3.35. The van der Waals surface area contributed by atoms with E-state index in [4.69, 9.17) is 4.74 Å². The van der Waals surface area contributed by atoms with Crippen molar-refractivity contribution in [1.82, 2.24) is 4.98 Å². The average Bonchev–Trinajstić information content (AvgIpc) is 2.37. The van der Waals surface area contributed by atoms with Crippen LogP contribution >= 0.6 is 15.9 Å². The summed E-state index contributed by atoms with van der Waals surface area (Å²) in [5.74, 6) is 1.75. The van der Waals surface area contributed by atoms with Gasteiger partial charge in [0.25, 0.3) is 0 Å². The summed E-state index contributed by atoms with van der Waals surface area (Å²) < 4.78 is 6.30. The van der Waals surface area contributed by atoms with Gasteiger partial charge < -0.3 is 10.1 Å². The first-order valence-electron chi connectivity index (χ1n) is 5.86. The monoisotopic (exact) mass is 306 g/mol. The Morgan fingerprint density at radius 1 is 1.22 bits per heavy atom. The van der Waals surface area contributed by atoms with Gasteiger partial charge in [-0.15, -0.1) is 0 Å². The van der Waals surface area contributed by atoms with Crippen LogP contribution in [0.3, 0.4) is 0 Å². The highest BCUT2D eigenvalue weighted by molar-refractivity contribution is 9.10.